The van der Waals surface area contributed by atoms with Crippen LogP contribution < -0.4 is 5.32 Å². The second-order valence-electron chi connectivity index (χ2n) is 6.24. The highest BCUT2D eigenvalue weighted by molar-refractivity contribution is 6.31. The van der Waals surface area contributed by atoms with Crippen molar-refractivity contribution in [1.29, 1.82) is 0 Å². The Kier molecular flexibility index (Phi) is 4.68. The molecule has 1 N–H and O–H groups in total. The van der Waals surface area contributed by atoms with Gasteiger partial charge < -0.3 is 5.32 Å². The molecular formula is C19H16Cl2N6. The largest absolute Gasteiger partial charge is 0.323 e. The molecule has 0 saturated heterocycles. The summed E-state index contributed by atoms with van der Waals surface area (Å²) in [5.41, 5.74) is 4.63. The van der Waals surface area contributed by atoms with E-state index in [4.69, 9.17) is 23.2 Å². The van der Waals surface area contributed by atoms with Gasteiger partial charge in [0.25, 0.3) is 5.78 Å². The molecule has 0 unspecified atom stereocenters. The number of rotatable bonds is 4. The first kappa shape index (κ1) is 17.7. The molecule has 0 saturated carbocycles. The van der Waals surface area contributed by atoms with Crippen LogP contribution in [-0.2, 0) is 6.42 Å². The highest BCUT2D eigenvalue weighted by Crippen LogP contribution is 2.26. The van der Waals surface area contributed by atoms with E-state index in [0.717, 1.165) is 28.1 Å². The highest BCUT2D eigenvalue weighted by atomic mass is 35.5. The van der Waals surface area contributed by atoms with Gasteiger partial charge in [-0.25, -0.2) is 4.98 Å². The van der Waals surface area contributed by atoms with E-state index in [1.165, 1.54) is 0 Å². The van der Waals surface area contributed by atoms with E-state index in [-0.39, 0.29) is 0 Å². The van der Waals surface area contributed by atoms with Gasteiger partial charge in [0.1, 0.15) is 5.15 Å². The molecule has 0 fully saturated rings. The van der Waals surface area contributed by atoms with Crippen molar-refractivity contribution < 1.29 is 0 Å². The van der Waals surface area contributed by atoms with E-state index in [1.54, 1.807) is 10.7 Å². The topological polar surface area (TPSA) is 68.0 Å². The first-order valence-corrected chi connectivity index (χ1v) is 9.10. The number of hydrogen-bond acceptors (Lipinski definition) is 5. The number of aryl methyl sites for hydroxylation is 2. The Bertz CT molecular complexity index is 1120. The molecule has 0 atom stereocenters. The Morgan fingerprint density at radius 2 is 1.96 bits per heavy atom. The van der Waals surface area contributed by atoms with Crippen molar-refractivity contribution in [3.63, 3.8) is 0 Å². The molecule has 3 heterocycles. The maximum absolute atomic E-state index is 6.62. The number of aromatic nitrogens is 5. The van der Waals surface area contributed by atoms with E-state index in [9.17, 15) is 0 Å². The van der Waals surface area contributed by atoms with Crippen LogP contribution >= 0.6 is 23.2 Å². The Morgan fingerprint density at radius 3 is 2.74 bits per heavy atom. The zero-order valence-electron chi connectivity index (χ0n) is 14.7. The molecule has 0 radical (unpaired) electrons. The van der Waals surface area contributed by atoms with Crippen molar-refractivity contribution >= 4 is 40.6 Å². The Hall–Kier alpha value is -2.70. The number of nitrogens with one attached hydrogen (secondary N) is 1. The molecule has 4 aromatic rings. The first-order valence-electron chi connectivity index (χ1n) is 8.35. The molecule has 27 heavy (non-hydrogen) atoms. The van der Waals surface area contributed by atoms with Gasteiger partial charge in [0.15, 0.2) is 0 Å². The van der Waals surface area contributed by atoms with Gasteiger partial charge in [-0.1, -0.05) is 35.3 Å². The standard InChI is InChI=1S/C19H16Cl2N6/c1-11-5-6-14(20)9-16(11)24-18-25-19-23-12(2)15(17(21)27(19)26-18)8-13-4-3-7-22-10-13/h3-7,9-10H,8H2,1-2H3,(H,24,26). The van der Waals surface area contributed by atoms with E-state index in [2.05, 4.69) is 25.4 Å². The molecule has 8 heteroatoms. The van der Waals surface area contributed by atoms with E-state index in [1.807, 2.05) is 50.4 Å². The number of halogens is 2. The van der Waals surface area contributed by atoms with Crippen LogP contribution in [0.25, 0.3) is 5.78 Å². The van der Waals surface area contributed by atoms with Crippen LogP contribution in [0.3, 0.4) is 0 Å². The minimum absolute atomic E-state index is 0.410. The summed E-state index contributed by atoms with van der Waals surface area (Å²) in [5.74, 6) is 0.849. The van der Waals surface area contributed by atoms with Crippen molar-refractivity contribution in [2.75, 3.05) is 5.32 Å². The van der Waals surface area contributed by atoms with Crippen molar-refractivity contribution in [2.45, 2.75) is 20.3 Å². The van der Waals surface area contributed by atoms with Gasteiger partial charge in [-0.05, 0) is 43.2 Å². The lowest BCUT2D eigenvalue weighted by Gasteiger charge is -2.08. The van der Waals surface area contributed by atoms with Crippen molar-refractivity contribution in [2.24, 2.45) is 0 Å². The molecule has 4 rings (SSSR count). The summed E-state index contributed by atoms with van der Waals surface area (Å²) in [5, 5.41) is 8.77. The normalized spacial score (nSPS) is 11.1. The Morgan fingerprint density at radius 1 is 1.11 bits per heavy atom. The Labute approximate surface area is 166 Å². The SMILES string of the molecule is Cc1ccc(Cl)cc1Nc1nc2nc(C)c(Cc3cccnc3)c(Cl)n2n1. The smallest absolute Gasteiger partial charge is 0.255 e. The molecule has 0 spiro atoms. The number of benzene rings is 1. The molecule has 136 valence electrons. The van der Waals surface area contributed by atoms with E-state index < -0.39 is 0 Å². The molecule has 3 aromatic heterocycles. The Balaban J connectivity index is 1.72. The number of nitrogens with zero attached hydrogens (tertiary/aromatic N) is 5. The van der Waals surface area contributed by atoms with Crippen LogP contribution in [-0.4, -0.2) is 24.6 Å². The fourth-order valence-corrected chi connectivity index (χ4v) is 3.30. The maximum atomic E-state index is 6.62. The van der Waals surface area contributed by atoms with Gasteiger partial charge >= 0.3 is 0 Å². The molecule has 6 nitrogen and oxygen atoms in total. The summed E-state index contributed by atoms with van der Waals surface area (Å²) in [7, 11) is 0. The van der Waals surface area contributed by atoms with Gasteiger partial charge in [-0.2, -0.15) is 9.50 Å². The second kappa shape index (κ2) is 7.13. The number of pyridine rings is 1. The lowest BCUT2D eigenvalue weighted by atomic mass is 10.1. The van der Waals surface area contributed by atoms with Gasteiger partial charge in [-0.3, -0.25) is 4.98 Å². The van der Waals surface area contributed by atoms with Crippen molar-refractivity contribution in [3.8, 4) is 0 Å². The number of anilines is 2. The molecule has 0 amide bonds. The fraction of sp³-hybridized carbons (Fsp3) is 0.158. The lowest BCUT2D eigenvalue weighted by Crippen LogP contribution is -2.04. The summed E-state index contributed by atoms with van der Waals surface area (Å²) in [6.45, 7) is 3.90. The summed E-state index contributed by atoms with van der Waals surface area (Å²) in [6.07, 6.45) is 4.18. The van der Waals surface area contributed by atoms with Crippen LogP contribution in [0.5, 0.6) is 0 Å². The average Bonchev–Trinajstić information content (AvgIpc) is 3.05. The lowest BCUT2D eigenvalue weighted by molar-refractivity contribution is 0.902. The van der Waals surface area contributed by atoms with Crippen LogP contribution in [0.1, 0.15) is 22.4 Å². The number of hydrogen-bond donors (Lipinski definition) is 1. The zero-order valence-corrected chi connectivity index (χ0v) is 16.3. The quantitative estimate of drug-likeness (QED) is 0.501. The van der Waals surface area contributed by atoms with E-state index >= 15 is 0 Å². The molecule has 0 aliphatic rings. The fourth-order valence-electron chi connectivity index (χ4n) is 2.81. The molecule has 0 bridgehead atoms. The van der Waals surface area contributed by atoms with Crippen molar-refractivity contribution in [3.05, 3.63) is 75.3 Å². The minimum atomic E-state index is 0.410. The summed E-state index contributed by atoms with van der Waals surface area (Å²) < 4.78 is 1.54. The third kappa shape index (κ3) is 3.59. The van der Waals surface area contributed by atoms with Crippen LogP contribution in [0.15, 0.2) is 42.7 Å². The predicted molar refractivity (Wildman–Crippen MR) is 107 cm³/mol. The van der Waals surface area contributed by atoms with Crippen molar-refractivity contribution in [1.82, 2.24) is 24.6 Å². The molecule has 0 aliphatic carbocycles. The van der Waals surface area contributed by atoms with Gasteiger partial charge in [0.2, 0.25) is 5.95 Å². The van der Waals surface area contributed by atoms with E-state index in [0.29, 0.717) is 28.3 Å². The van der Waals surface area contributed by atoms with Gasteiger partial charge in [-0.15, -0.1) is 5.10 Å². The number of fused-ring (bicyclic) bond motifs is 1. The third-order valence-corrected chi connectivity index (χ3v) is 4.90. The van der Waals surface area contributed by atoms with Gasteiger partial charge in [0, 0.05) is 40.8 Å². The summed E-state index contributed by atoms with van der Waals surface area (Å²) >= 11 is 12.7. The molecule has 0 aliphatic heterocycles. The van der Waals surface area contributed by atoms with Gasteiger partial charge in [0.05, 0.1) is 0 Å². The molecule has 1 aromatic carbocycles. The molecular weight excluding hydrogens is 383 g/mol. The van der Waals surface area contributed by atoms with Crippen LogP contribution in [0.4, 0.5) is 11.6 Å². The average molecular weight is 399 g/mol. The predicted octanol–water partition coefficient (Wildman–Crippen LogP) is 4.78. The second-order valence-corrected chi connectivity index (χ2v) is 7.03. The first-order chi connectivity index (χ1) is 13.0. The maximum Gasteiger partial charge on any atom is 0.255 e. The minimum Gasteiger partial charge on any atom is -0.323 e. The van der Waals surface area contributed by atoms with Crippen LogP contribution in [0.2, 0.25) is 10.2 Å². The summed E-state index contributed by atoms with van der Waals surface area (Å²) in [4.78, 5) is 13.1. The summed E-state index contributed by atoms with van der Waals surface area (Å²) in [6, 6.07) is 9.50. The highest BCUT2D eigenvalue weighted by Gasteiger charge is 2.16. The third-order valence-electron chi connectivity index (χ3n) is 4.28. The monoisotopic (exact) mass is 398 g/mol. The van der Waals surface area contributed by atoms with Crippen LogP contribution in [0, 0.1) is 13.8 Å². The zero-order chi connectivity index (χ0) is 19.0.